The molecule has 0 heterocycles. The molecule has 0 aliphatic heterocycles. The molecule has 3 aromatic carbocycles. The molecule has 1 amide bonds. The Morgan fingerprint density at radius 3 is 2.18 bits per heavy atom. The molecule has 3 aromatic rings. The highest BCUT2D eigenvalue weighted by molar-refractivity contribution is 5.94. The van der Waals surface area contributed by atoms with E-state index in [2.05, 4.69) is 5.32 Å². The van der Waals surface area contributed by atoms with Gasteiger partial charge in [0.1, 0.15) is 23.5 Å². The van der Waals surface area contributed by atoms with Crippen LogP contribution in [-0.4, -0.2) is 5.91 Å². The number of anilines is 1. The van der Waals surface area contributed by atoms with E-state index in [4.69, 9.17) is 0 Å². The number of hydrogen-bond acceptors (Lipinski definition) is 1. The molecule has 144 valence electrons. The van der Waals surface area contributed by atoms with Gasteiger partial charge in [0.05, 0.1) is 0 Å². The van der Waals surface area contributed by atoms with E-state index in [1.165, 1.54) is 36.4 Å². The van der Waals surface area contributed by atoms with Crippen molar-refractivity contribution in [3.63, 3.8) is 0 Å². The maximum atomic E-state index is 14.1. The predicted octanol–water partition coefficient (Wildman–Crippen LogP) is 4.11. The van der Waals surface area contributed by atoms with Gasteiger partial charge in [-0.3, -0.25) is 4.79 Å². The Labute approximate surface area is 161 Å². The number of halogens is 3. The fourth-order valence-corrected chi connectivity index (χ4v) is 3.03. The van der Waals surface area contributed by atoms with Crippen LogP contribution in [0.1, 0.15) is 30.1 Å². The van der Waals surface area contributed by atoms with Crippen LogP contribution in [0.15, 0.2) is 72.8 Å². The van der Waals surface area contributed by atoms with Gasteiger partial charge in [0.25, 0.3) is 5.91 Å². The third-order valence-electron chi connectivity index (χ3n) is 4.49. The summed E-state index contributed by atoms with van der Waals surface area (Å²) in [6.07, 6.45) is 0. The first-order chi connectivity index (χ1) is 13.4. The lowest BCUT2D eigenvalue weighted by Crippen LogP contribution is -2.87. The summed E-state index contributed by atoms with van der Waals surface area (Å²) in [5.74, 6) is -2.03. The standard InChI is InChI=1S/C22H19F3N2O/c1-14(19-12-9-17(24)13-20(19)25)26-21(15-5-3-2-4-6-15)22(28)27-18-10-7-16(23)8-11-18/h2-14,21,26H,1H3,(H,27,28)/p+1/t14-,21-/m1/s1. The topological polar surface area (TPSA) is 45.7 Å². The summed E-state index contributed by atoms with van der Waals surface area (Å²) in [6, 6.07) is 16.8. The van der Waals surface area contributed by atoms with Gasteiger partial charge in [-0.2, -0.15) is 0 Å². The monoisotopic (exact) mass is 385 g/mol. The molecule has 0 fully saturated rings. The summed E-state index contributed by atoms with van der Waals surface area (Å²) in [7, 11) is 0. The Morgan fingerprint density at radius 1 is 0.893 bits per heavy atom. The maximum Gasteiger partial charge on any atom is 0.287 e. The van der Waals surface area contributed by atoms with E-state index in [1.54, 1.807) is 24.4 Å². The number of quaternary nitrogens is 1. The summed E-state index contributed by atoms with van der Waals surface area (Å²) in [5, 5.41) is 4.47. The van der Waals surface area contributed by atoms with Crippen LogP contribution in [0, 0.1) is 17.5 Å². The molecule has 0 aliphatic rings. The zero-order chi connectivity index (χ0) is 20.1. The normalized spacial score (nSPS) is 13.0. The molecule has 0 saturated carbocycles. The smallest absolute Gasteiger partial charge is 0.287 e. The SMILES string of the molecule is C[C@@H]([NH2+][C@@H](C(=O)Nc1ccc(F)cc1)c1ccccc1)c1ccc(F)cc1F. The Bertz CT molecular complexity index is 946. The van der Waals surface area contributed by atoms with Crippen molar-refractivity contribution in [2.24, 2.45) is 0 Å². The van der Waals surface area contributed by atoms with Crippen LogP contribution in [0.4, 0.5) is 18.9 Å². The number of nitrogens with two attached hydrogens (primary N) is 1. The molecule has 6 heteroatoms. The van der Waals surface area contributed by atoms with Gasteiger partial charge in [-0.15, -0.1) is 0 Å². The average molecular weight is 385 g/mol. The lowest BCUT2D eigenvalue weighted by molar-refractivity contribution is -0.719. The number of amides is 1. The van der Waals surface area contributed by atoms with Crippen LogP contribution >= 0.6 is 0 Å². The number of nitrogens with one attached hydrogen (secondary N) is 1. The van der Waals surface area contributed by atoms with Gasteiger partial charge in [-0.25, -0.2) is 13.2 Å². The Balaban J connectivity index is 1.84. The first-order valence-electron chi connectivity index (χ1n) is 8.85. The van der Waals surface area contributed by atoms with Crippen molar-refractivity contribution >= 4 is 11.6 Å². The van der Waals surface area contributed by atoms with Crippen LogP contribution in [0.25, 0.3) is 0 Å². The highest BCUT2D eigenvalue weighted by Gasteiger charge is 2.28. The first-order valence-corrected chi connectivity index (χ1v) is 8.85. The van der Waals surface area contributed by atoms with Gasteiger partial charge in [-0.1, -0.05) is 30.3 Å². The molecule has 3 N–H and O–H groups in total. The van der Waals surface area contributed by atoms with Crippen molar-refractivity contribution in [3.05, 3.63) is 101 Å². The van der Waals surface area contributed by atoms with E-state index in [9.17, 15) is 18.0 Å². The second kappa shape index (κ2) is 8.71. The number of carbonyl (C=O) groups excluding carboxylic acids is 1. The summed E-state index contributed by atoms with van der Waals surface area (Å²) < 4.78 is 40.4. The zero-order valence-electron chi connectivity index (χ0n) is 15.2. The largest absolute Gasteiger partial charge is 0.326 e. The molecular weight excluding hydrogens is 365 g/mol. The Morgan fingerprint density at radius 2 is 1.54 bits per heavy atom. The van der Waals surface area contributed by atoms with E-state index in [-0.39, 0.29) is 5.91 Å². The van der Waals surface area contributed by atoms with E-state index >= 15 is 0 Å². The summed E-state index contributed by atoms with van der Waals surface area (Å²) in [4.78, 5) is 12.9. The fraction of sp³-hybridized carbons (Fsp3) is 0.136. The van der Waals surface area contributed by atoms with Crippen molar-refractivity contribution in [2.75, 3.05) is 5.32 Å². The van der Waals surface area contributed by atoms with Crippen molar-refractivity contribution in [1.29, 1.82) is 0 Å². The van der Waals surface area contributed by atoms with Crippen molar-refractivity contribution in [3.8, 4) is 0 Å². The molecule has 3 rings (SSSR count). The third kappa shape index (κ3) is 4.78. The fourth-order valence-electron chi connectivity index (χ4n) is 3.03. The molecule has 28 heavy (non-hydrogen) atoms. The zero-order valence-corrected chi connectivity index (χ0v) is 15.2. The number of rotatable bonds is 6. The highest BCUT2D eigenvalue weighted by atomic mass is 19.1. The lowest BCUT2D eigenvalue weighted by atomic mass is 10.0. The minimum atomic E-state index is -0.675. The molecule has 0 saturated heterocycles. The molecule has 0 aromatic heterocycles. The molecule has 2 atom stereocenters. The quantitative estimate of drug-likeness (QED) is 0.659. The van der Waals surface area contributed by atoms with Gasteiger partial charge in [0.15, 0.2) is 6.04 Å². The van der Waals surface area contributed by atoms with E-state index < -0.39 is 29.5 Å². The second-order valence-electron chi connectivity index (χ2n) is 6.53. The number of carbonyl (C=O) groups is 1. The molecule has 0 aliphatic carbocycles. The van der Waals surface area contributed by atoms with Crippen molar-refractivity contribution in [2.45, 2.75) is 19.0 Å². The minimum Gasteiger partial charge on any atom is -0.326 e. The summed E-state index contributed by atoms with van der Waals surface area (Å²) >= 11 is 0. The molecule has 0 radical (unpaired) electrons. The lowest BCUT2D eigenvalue weighted by Gasteiger charge is -2.21. The van der Waals surface area contributed by atoms with Gasteiger partial charge in [0.2, 0.25) is 0 Å². The molecule has 3 nitrogen and oxygen atoms in total. The van der Waals surface area contributed by atoms with Gasteiger partial charge in [-0.05, 0) is 43.3 Å². The summed E-state index contributed by atoms with van der Waals surface area (Å²) in [5.41, 5.74) is 1.50. The second-order valence-corrected chi connectivity index (χ2v) is 6.53. The molecule has 0 unspecified atom stereocenters. The number of benzene rings is 3. The Hall–Kier alpha value is -3.12. The van der Waals surface area contributed by atoms with Crippen LogP contribution in [0.2, 0.25) is 0 Å². The van der Waals surface area contributed by atoms with Crippen LogP contribution in [0.5, 0.6) is 0 Å². The van der Waals surface area contributed by atoms with Crippen LogP contribution < -0.4 is 10.6 Å². The first kappa shape index (κ1) is 19.6. The predicted molar refractivity (Wildman–Crippen MR) is 101 cm³/mol. The summed E-state index contributed by atoms with van der Waals surface area (Å²) in [6.45, 7) is 1.75. The van der Waals surface area contributed by atoms with Crippen LogP contribution in [0.3, 0.4) is 0 Å². The highest BCUT2D eigenvalue weighted by Crippen LogP contribution is 2.18. The van der Waals surface area contributed by atoms with Gasteiger partial charge in [0, 0.05) is 22.9 Å². The molecular formula is C22H20F3N2O+. The third-order valence-corrected chi connectivity index (χ3v) is 4.49. The maximum absolute atomic E-state index is 14.1. The van der Waals surface area contributed by atoms with Gasteiger partial charge >= 0.3 is 0 Å². The van der Waals surface area contributed by atoms with Crippen LogP contribution in [-0.2, 0) is 4.79 Å². The Kier molecular flexibility index (Phi) is 6.11. The minimum absolute atomic E-state index is 0.303. The molecule has 0 spiro atoms. The van der Waals surface area contributed by atoms with E-state index in [0.717, 1.165) is 11.6 Å². The average Bonchev–Trinajstić information content (AvgIpc) is 2.68. The number of hydrogen-bond donors (Lipinski definition) is 2. The molecule has 0 bridgehead atoms. The van der Waals surface area contributed by atoms with E-state index in [0.29, 0.717) is 11.3 Å². The van der Waals surface area contributed by atoms with E-state index in [1.807, 2.05) is 18.2 Å². The van der Waals surface area contributed by atoms with Crippen molar-refractivity contribution in [1.82, 2.24) is 0 Å². The van der Waals surface area contributed by atoms with Crippen molar-refractivity contribution < 1.29 is 23.3 Å². The van der Waals surface area contributed by atoms with Gasteiger partial charge < -0.3 is 10.6 Å².